The van der Waals surface area contributed by atoms with Crippen LogP contribution in [0.25, 0.3) is 0 Å². The number of hydrogen-bond acceptors (Lipinski definition) is 4. The van der Waals surface area contributed by atoms with Gasteiger partial charge in [0.1, 0.15) is 5.75 Å². The third-order valence-electron chi connectivity index (χ3n) is 2.88. The Balaban J connectivity index is 1.92. The van der Waals surface area contributed by atoms with Gasteiger partial charge in [-0.2, -0.15) is 5.26 Å². The predicted molar refractivity (Wildman–Crippen MR) is 86.3 cm³/mol. The van der Waals surface area contributed by atoms with E-state index in [4.69, 9.17) is 21.6 Å². The number of nitrogens with one attached hydrogen (secondary N) is 2. The van der Waals surface area contributed by atoms with Crippen molar-refractivity contribution in [2.45, 2.75) is 0 Å². The minimum Gasteiger partial charge on any atom is -0.495 e. The molecule has 0 radical (unpaired) electrons. The molecule has 2 rings (SSSR count). The van der Waals surface area contributed by atoms with Gasteiger partial charge < -0.3 is 15.4 Å². The standard InChI is InChI=1S/C16H14ClN3O2/c1-22-15-6-5-12(8-14(15)17)19-10-16(21)20-13-4-2-3-11(7-13)9-18/h2-8,19H,10H2,1H3,(H,20,21). The fraction of sp³-hybridized carbons (Fsp3) is 0.125. The minimum atomic E-state index is -0.220. The Morgan fingerprint density at radius 2 is 2.09 bits per heavy atom. The van der Waals surface area contributed by atoms with Crippen LogP contribution in [0.3, 0.4) is 0 Å². The molecule has 112 valence electrons. The van der Waals surface area contributed by atoms with Gasteiger partial charge in [0.15, 0.2) is 0 Å². The average molecular weight is 316 g/mol. The maximum Gasteiger partial charge on any atom is 0.243 e. The number of carbonyl (C=O) groups excluding carboxylic acids is 1. The first-order valence-corrected chi connectivity index (χ1v) is 6.87. The van der Waals surface area contributed by atoms with Crippen LogP contribution in [-0.4, -0.2) is 19.6 Å². The number of hydrogen-bond donors (Lipinski definition) is 2. The minimum absolute atomic E-state index is 0.0828. The molecule has 0 atom stereocenters. The van der Waals surface area contributed by atoms with E-state index in [0.717, 1.165) is 0 Å². The molecule has 2 aromatic rings. The second-order valence-electron chi connectivity index (χ2n) is 4.44. The zero-order valence-electron chi connectivity index (χ0n) is 11.9. The summed E-state index contributed by atoms with van der Waals surface area (Å²) in [6, 6.07) is 13.9. The van der Waals surface area contributed by atoms with Crippen LogP contribution in [0.15, 0.2) is 42.5 Å². The van der Waals surface area contributed by atoms with Gasteiger partial charge in [-0.3, -0.25) is 4.79 Å². The van der Waals surface area contributed by atoms with E-state index in [0.29, 0.717) is 27.7 Å². The summed E-state index contributed by atoms with van der Waals surface area (Å²) in [5.41, 5.74) is 1.79. The zero-order valence-corrected chi connectivity index (χ0v) is 12.6. The van der Waals surface area contributed by atoms with Crippen LogP contribution in [0.2, 0.25) is 5.02 Å². The molecule has 0 spiro atoms. The first-order chi connectivity index (χ1) is 10.6. The van der Waals surface area contributed by atoms with Gasteiger partial charge in [-0.15, -0.1) is 0 Å². The van der Waals surface area contributed by atoms with Crippen LogP contribution >= 0.6 is 11.6 Å². The number of anilines is 2. The number of ether oxygens (including phenoxy) is 1. The number of amides is 1. The first-order valence-electron chi connectivity index (χ1n) is 6.50. The van der Waals surface area contributed by atoms with Crippen molar-refractivity contribution in [2.75, 3.05) is 24.3 Å². The van der Waals surface area contributed by atoms with Crippen molar-refractivity contribution in [3.05, 3.63) is 53.1 Å². The zero-order chi connectivity index (χ0) is 15.9. The molecular formula is C16H14ClN3O2. The largest absolute Gasteiger partial charge is 0.495 e. The highest BCUT2D eigenvalue weighted by molar-refractivity contribution is 6.32. The molecule has 6 heteroatoms. The second kappa shape index (κ2) is 7.34. The Hall–Kier alpha value is -2.71. The van der Waals surface area contributed by atoms with Gasteiger partial charge >= 0.3 is 0 Å². The summed E-state index contributed by atoms with van der Waals surface area (Å²) >= 11 is 6.01. The molecule has 0 bridgehead atoms. The van der Waals surface area contributed by atoms with Crippen molar-refractivity contribution in [3.8, 4) is 11.8 Å². The third-order valence-corrected chi connectivity index (χ3v) is 3.18. The number of nitriles is 1. The summed E-state index contributed by atoms with van der Waals surface area (Å²) in [4.78, 5) is 11.9. The molecule has 2 aromatic carbocycles. The molecule has 0 aromatic heterocycles. The van der Waals surface area contributed by atoms with Crippen molar-refractivity contribution in [2.24, 2.45) is 0 Å². The molecule has 2 N–H and O–H groups in total. The number of rotatable bonds is 5. The Morgan fingerprint density at radius 3 is 2.77 bits per heavy atom. The average Bonchev–Trinajstić information content (AvgIpc) is 2.53. The summed E-state index contributed by atoms with van der Waals surface area (Å²) in [6.07, 6.45) is 0. The topological polar surface area (TPSA) is 74.2 Å². The summed E-state index contributed by atoms with van der Waals surface area (Å²) in [5, 5.41) is 15.0. The second-order valence-corrected chi connectivity index (χ2v) is 4.85. The lowest BCUT2D eigenvalue weighted by Gasteiger charge is -2.09. The van der Waals surface area contributed by atoms with Gasteiger partial charge in [-0.05, 0) is 36.4 Å². The van der Waals surface area contributed by atoms with Gasteiger partial charge in [0.05, 0.1) is 30.3 Å². The molecule has 0 saturated heterocycles. The van der Waals surface area contributed by atoms with Crippen LogP contribution < -0.4 is 15.4 Å². The molecule has 0 aliphatic rings. The number of halogens is 1. The van der Waals surface area contributed by atoms with Gasteiger partial charge in [-0.25, -0.2) is 0 Å². The van der Waals surface area contributed by atoms with Gasteiger partial charge in [0.25, 0.3) is 0 Å². The molecule has 5 nitrogen and oxygen atoms in total. The number of benzene rings is 2. The van der Waals surface area contributed by atoms with E-state index in [1.165, 1.54) is 7.11 Å². The molecular weight excluding hydrogens is 302 g/mol. The SMILES string of the molecule is COc1ccc(NCC(=O)Nc2cccc(C#N)c2)cc1Cl. The summed E-state index contributed by atoms with van der Waals surface area (Å²) < 4.78 is 5.06. The van der Waals surface area contributed by atoms with Gasteiger partial charge in [0, 0.05) is 11.4 Å². The van der Waals surface area contributed by atoms with Crippen molar-refractivity contribution >= 4 is 28.9 Å². The lowest BCUT2D eigenvalue weighted by Crippen LogP contribution is -2.21. The van der Waals surface area contributed by atoms with Crippen LogP contribution in [-0.2, 0) is 4.79 Å². The predicted octanol–water partition coefficient (Wildman–Crippen LogP) is 3.27. The Labute approximate surface area is 133 Å². The Bertz CT molecular complexity index is 726. The summed E-state index contributed by atoms with van der Waals surface area (Å²) in [6.45, 7) is 0.0828. The lowest BCUT2D eigenvalue weighted by molar-refractivity contribution is -0.114. The van der Waals surface area contributed by atoms with Gasteiger partial charge in [-0.1, -0.05) is 17.7 Å². The highest BCUT2D eigenvalue weighted by atomic mass is 35.5. The number of carbonyl (C=O) groups is 1. The number of methoxy groups -OCH3 is 1. The quantitative estimate of drug-likeness (QED) is 0.888. The molecule has 1 amide bonds. The van der Waals surface area contributed by atoms with Crippen LogP contribution in [0.4, 0.5) is 11.4 Å². The van der Waals surface area contributed by atoms with Crippen molar-refractivity contribution in [1.29, 1.82) is 5.26 Å². The van der Waals surface area contributed by atoms with Crippen LogP contribution in [0, 0.1) is 11.3 Å². The molecule has 22 heavy (non-hydrogen) atoms. The van der Waals surface area contributed by atoms with E-state index in [-0.39, 0.29) is 12.5 Å². The van der Waals surface area contributed by atoms with E-state index in [1.807, 2.05) is 6.07 Å². The molecule has 0 heterocycles. The van der Waals surface area contributed by atoms with Crippen LogP contribution in [0.1, 0.15) is 5.56 Å². The molecule has 0 fully saturated rings. The normalized spacial score (nSPS) is 9.68. The van der Waals surface area contributed by atoms with E-state index in [9.17, 15) is 4.79 Å². The fourth-order valence-electron chi connectivity index (χ4n) is 1.83. The van der Waals surface area contributed by atoms with E-state index in [2.05, 4.69) is 10.6 Å². The molecule has 0 aliphatic carbocycles. The maximum atomic E-state index is 11.9. The Morgan fingerprint density at radius 1 is 1.27 bits per heavy atom. The highest BCUT2D eigenvalue weighted by Gasteiger charge is 2.05. The highest BCUT2D eigenvalue weighted by Crippen LogP contribution is 2.27. The van der Waals surface area contributed by atoms with Gasteiger partial charge in [0.2, 0.25) is 5.91 Å². The Kier molecular flexibility index (Phi) is 5.23. The third kappa shape index (κ3) is 4.14. The maximum absolute atomic E-state index is 11.9. The molecule has 0 aliphatic heterocycles. The summed E-state index contributed by atoms with van der Waals surface area (Å²) in [7, 11) is 1.54. The summed E-state index contributed by atoms with van der Waals surface area (Å²) in [5.74, 6) is 0.354. The number of nitrogens with zero attached hydrogens (tertiary/aromatic N) is 1. The van der Waals surface area contributed by atoms with E-state index >= 15 is 0 Å². The lowest BCUT2D eigenvalue weighted by atomic mass is 10.2. The van der Waals surface area contributed by atoms with E-state index in [1.54, 1.807) is 42.5 Å². The first kappa shape index (κ1) is 15.7. The van der Waals surface area contributed by atoms with Crippen molar-refractivity contribution in [1.82, 2.24) is 0 Å². The van der Waals surface area contributed by atoms with Crippen molar-refractivity contribution < 1.29 is 9.53 Å². The fourth-order valence-corrected chi connectivity index (χ4v) is 2.09. The monoisotopic (exact) mass is 315 g/mol. The van der Waals surface area contributed by atoms with Crippen molar-refractivity contribution in [3.63, 3.8) is 0 Å². The van der Waals surface area contributed by atoms with E-state index < -0.39 is 0 Å². The molecule has 0 saturated carbocycles. The van der Waals surface area contributed by atoms with Crippen LogP contribution in [0.5, 0.6) is 5.75 Å². The molecule has 0 unspecified atom stereocenters. The smallest absolute Gasteiger partial charge is 0.243 e.